The van der Waals surface area contributed by atoms with E-state index < -0.39 is 5.41 Å². The van der Waals surface area contributed by atoms with Crippen LogP contribution in [0.4, 0.5) is 0 Å². The van der Waals surface area contributed by atoms with Gasteiger partial charge in [0.15, 0.2) is 5.78 Å². The van der Waals surface area contributed by atoms with Gasteiger partial charge in [0.1, 0.15) is 5.75 Å². The summed E-state index contributed by atoms with van der Waals surface area (Å²) in [6.45, 7) is 1.91. The zero-order valence-corrected chi connectivity index (χ0v) is 15.0. The molecule has 3 aliphatic rings. The number of hydrogen-bond donors (Lipinski definition) is 1. The topological polar surface area (TPSA) is 37.3 Å². The van der Waals surface area contributed by atoms with Crippen molar-refractivity contribution in [2.75, 3.05) is 0 Å². The van der Waals surface area contributed by atoms with E-state index in [1.54, 1.807) is 0 Å². The number of fused-ring (bicyclic) bond motifs is 1. The van der Waals surface area contributed by atoms with Gasteiger partial charge in [-0.05, 0) is 60.8 Å². The Hall–Kier alpha value is -2.61. The Labute approximate surface area is 153 Å². The van der Waals surface area contributed by atoms with Gasteiger partial charge in [-0.2, -0.15) is 0 Å². The van der Waals surface area contributed by atoms with Crippen molar-refractivity contribution in [1.29, 1.82) is 0 Å². The van der Waals surface area contributed by atoms with Crippen molar-refractivity contribution in [3.05, 3.63) is 82.4 Å². The minimum atomic E-state index is -0.687. The molecule has 0 bridgehead atoms. The molecule has 0 radical (unpaired) electrons. The molecule has 0 aliphatic heterocycles. The lowest BCUT2D eigenvalue weighted by Crippen LogP contribution is -2.37. The fraction of sp³-hybridized carbons (Fsp3) is 0.292. The highest BCUT2D eigenvalue weighted by atomic mass is 16.3. The Morgan fingerprint density at radius 2 is 1.81 bits per heavy atom. The third-order valence-electron chi connectivity index (χ3n) is 6.29. The number of rotatable bonds is 3. The van der Waals surface area contributed by atoms with Gasteiger partial charge >= 0.3 is 0 Å². The first-order valence-electron chi connectivity index (χ1n) is 9.49. The maximum absolute atomic E-state index is 14.0. The molecule has 2 heteroatoms. The Kier molecular flexibility index (Phi) is 3.27. The molecule has 1 unspecified atom stereocenters. The third kappa shape index (κ3) is 1.90. The Morgan fingerprint density at radius 1 is 1.04 bits per heavy atom. The van der Waals surface area contributed by atoms with Crippen molar-refractivity contribution in [2.45, 2.75) is 38.0 Å². The fourth-order valence-electron chi connectivity index (χ4n) is 5.03. The monoisotopic (exact) mass is 342 g/mol. The average molecular weight is 342 g/mol. The van der Waals surface area contributed by atoms with Gasteiger partial charge < -0.3 is 5.11 Å². The lowest BCUT2D eigenvalue weighted by molar-refractivity contribution is -0.117. The molecule has 2 nitrogen and oxygen atoms in total. The van der Waals surface area contributed by atoms with Crippen LogP contribution in [0.5, 0.6) is 5.75 Å². The van der Waals surface area contributed by atoms with Crippen LogP contribution < -0.4 is 0 Å². The summed E-state index contributed by atoms with van der Waals surface area (Å²) in [7, 11) is 0. The molecule has 3 aliphatic carbocycles. The van der Waals surface area contributed by atoms with Crippen LogP contribution >= 0.6 is 0 Å². The molecule has 1 N–H and O–H groups in total. The molecule has 2 aromatic carbocycles. The number of aryl methyl sites for hydroxylation is 1. The van der Waals surface area contributed by atoms with Crippen LogP contribution in [0, 0.1) is 12.8 Å². The summed E-state index contributed by atoms with van der Waals surface area (Å²) in [4.78, 5) is 14.0. The highest BCUT2D eigenvalue weighted by molar-refractivity contribution is 6.32. The number of aromatic hydroxyl groups is 1. The van der Waals surface area contributed by atoms with E-state index >= 15 is 0 Å². The standard InChI is InChI=1S/C24H22O2/c1-15-7-5-12-20(22(15)25)24(17-13-14-17)19-11-6-10-18(19)21(23(24)26)16-8-3-2-4-9-16/h2-5,7-9,11-12,17,25H,6,10,13-14H2,1H3. The zero-order valence-electron chi connectivity index (χ0n) is 15.0. The van der Waals surface area contributed by atoms with Crippen LogP contribution in [0.1, 0.15) is 42.4 Å². The summed E-state index contributed by atoms with van der Waals surface area (Å²) in [5.74, 6) is 0.769. The molecule has 0 spiro atoms. The number of hydrogen-bond acceptors (Lipinski definition) is 2. The van der Waals surface area contributed by atoms with E-state index in [0.29, 0.717) is 5.92 Å². The number of para-hydroxylation sites is 1. The maximum Gasteiger partial charge on any atom is 0.179 e. The Bertz CT molecular complexity index is 977. The molecular formula is C24H22O2. The minimum absolute atomic E-state index is 0.188. The normalized spacial score (nSPS) is 24.8. The van der Waals surface area contributed by atoms with Gasteiger partial charge in [0.05, 0.1) is 5.41 Å². The van der Waals surface area contributed by atoms with E-state index in [1.165, 1.54) is 11.1 Å². The Morgan fingerprint density at radius 3 is 2.54 bits per heavy atom. The van der Waals surface area contributed by atoms with Crippen LogP contribution in [0.15, 0.2) is 65.8 Å². The molecule has 0 amide bonds. The number of allylic oxidation sites excluding steroid dienone is 4. The van der Waals surface area contributed by atoms with Gasteiger partial charge in [0, 0.05) is 11.1 Å². The minimum Gasteiger partial charge on any atom is -0.507 e. The first-order valence-corrected chi connectivity index (χ1v) is 9.49. The highest BCUT2D eigenvalue weighted by Gasteiger charge is 2.61. The lowest BCUT2D eigenvalue weighted by atomic mass is 9.68. The summed E-state index contributed by atoms with van der Waals surface area (Å²) in [5, 5.41) is 10.9. The van der Waals surface area contributed by atoms with Crippen molar-refractivity contribution in [2.24, 2.45) is 5.92 Å². The quantitative estimate of drug-likeness (QED) is 0.842. The zero-order chi connectivity index (χ0) is 17.9. The van der Waals surface area contributed by atoms with Crippen LogP contribution in [-0.2, 0) is 10.2 Å². The fourth-order valence-corrected chi connectivity index (χ4v) is 5.03. The van der Waals surface area contributed by atoms with Crippen molar-refractivity contribution in [3.63, 3.8) is 0 Å². The lowest BCUT2D eigenvalue weighted by Gasteiger charge is -2.32. The first-order chi connectivity index (χ1) is 12.7. The number of phenols is 1. The molecule has 0 heterocycles. The van der Waals surface area contributed by atoms with Crippen LogP contribution in [0.2, 0.25) is 0 Å². The molecule has 1 fully saturated rings. The summed E-state index contributed by atoms with van der Waals surface area (Å²) in [5.41, 5.74) is 5.22. The summed E-state index contributed by atoms with van der Waals surface area (Å²) in [6.07, 6.45) is 6.25. The number of ketones is 1. The van der Waals surface area contributed by atoms with Gasteiger partial charge in [-0.25, -0.2) is 0 Å². The predicted molar refractivity (Wildman–Crippen MR) is 103 cm³/mol. The van der Waals surface area contributed by atoms with Gasteiger partial charge in [0.2, 0.25) is 0 Å². The summed E-state index contributed by atoms with van der Waals surface area (Å²) >= 11 is 0. The highest BCUT2D eigenvalue weighted by Crippen LogP contribution is 2.63. The largest absolute Gasteiger partial charge is 0.507 e. The molecule has 0 saturated heterocycles. The average Bonchev–Trinajstić information content (AvgIpc) is 3.33. The number of Topliss-reactive ketones (excluding diaryl/α,β-unsaturated/α-hetero) is 1. The van der Waals surface area contributed by atoms with Crippen molar-refractivity contribution in [1.82, 2.24) is 0 Å². The number of benzene rings is 2. The van der Waals surface area contributed by atoms with E-state index in [-0.39, 0.29) is 11.5 Å². The van der Waals surface area contributed by atoms with E-state index in [4.69, 9.17) is 0 Å². The molecular weight excluding hydrogens is 320 g/mol. The number of carbonyl (C=O) groups excluding carboxylic acids is 1. The van der Waals surface area contributed by atoms with Crippen LogP contribution in [0.25, 0.3) is 5.57 Å². The second-order valence-corrected chi connectivity index (χ2v) is 7.76. The maximum atomic E-state index is 14.0. The molecule has 1 saturated carbocycles. The van der Waals surface area contributed by atoms with E-state index in [0.717, 1.165) is 47.9 Å². The molecule has 26 heavy (non-hydrogen) atoms. The van der Waals surface area contributed by atoms with Crippen LogP contribution in [-0.4, -0.2) is 10.9 Å². The number of phenolic OH excluding ortho intramolecular Hbond substituents is 1. The van der Waals surface area contributed by atoms with Crippen molar-refractivity contribution in [3.8, 4) is 5.75 Å². The Balaban J connectivity index is 1.79. The molecule has 2 aromatic rings. The van der Waals surface area contributed by atoms with E-state index in [2.05, 4.69) is 6.08 Å². The van der Waals surface area contributed by atoms with Gasteiger partial charge in [-0.1, -0.05) is 54.6 Å². The number of carbonyl (C=O) groups is 1. The van der Waals surface area contributed by atoms with E-state index in [9.17, 15) is 9.90 Å². The molecule has 130 valence electrons. The van der Waals surface area contributed by atoms with Crippen molar-refractivity contribution < 1.29 is 9.90 Å². The van der Waals surface area contributed by atoms with Gasteiger partial charge in [-0.3, -0.25) is 4.79 Å². The first kappa shape index (κ1) is 15.6. The third-order valence-corrected chi connectivity index (χ3v) is 6.29. The second-order valence-electron chi connectivity index (χ2n) is 7.76. The predicted octanol–water partition coefficient (Wildman–Crippen LogP) is 5.11. The second kappa shape index (κ2) is 5.44. The SMILES string of the molecule is Cc1cccc(C2(C3CC3)C(=O)C(c3ccccc3)=C3CCC=C32)c1O. The van der Waals surface area contributed by atoms with E-state index in [1.807, 2.05) is 55.5 Å². The van der Waals surface area contributed by atoms with Crippen LogP contribution in [0.3, 0.4) is 0 Å². The molecule has 5 rings (SSSR count). The summed E-state index contributed by atoms with van der Waals surface area (Å²) < 4.78 is 0. The van der Waals surface area contributed by atoms with Crippen molar-refractivity contribution >= 4 is 11.4 Å². The molecule has 1 atom stereocenters. The summed E-state index contributed by atoms with van der Waals surface area (Å²) in [6, 6.07) is 15.9. The smallest absolute Gasteiger partial charge is 0.179 e. The molecule has 0 aromatic heterocycles. The van der Waals surface area contributed by atoms with Gasteiger partial charge in [0.25, 0.3) is 0 Å². The van der Waals surface area contributed by atoms with Gasteiger partial charge in [-0.15, -0.1) is 0 Å².